The van der Waals surface area contributed by atoms with Crippen LogP contribution in [0.3, 0.4) is 0 Å². The summed E-state index contributed by atoms with van der Waals surface area (Å²) in [6.07, 6.45) is 8.49. The van der Waals surface area contributed by atoms with Gasteiger partial charge in [-0.1, -0.05) is 0 Å². The highest BCUT2D eigenvalue weighted by molar-refractivity contribution is 6.30. The zero-order valence-electron chi connectivity index (χ0n) is 12.4. The topological polar surface area (TPSA) is 53.9 Å². The Kier molecular flexibility index (Phi) is 11.1. The van der Waals surface area contributed by atoms with E-state index in [0.29, 0.717) is 12.6 Å². The Hall–Kier alpha value is -1.09. The van der Waals surface area contributed by atoms with Crippen molar-refractivity contribution in [3.8, 4) is 12.3 Å². The molecule has 1 rings (SSSR count). The van der Waals surface area contributed by atoms with Crippen LogP contribution in [0.2, 0.25) is 0 Å². The summed E-state index contributed by atoms with van der Waals surface area (Å²) in [5.41, 5.74) is 0. The van der Waals surface area contributed by atoms with Gasteiger partial charge in [-0.05, 0) is 26.7 Å². The Morgan fingerprint density at radius 1 is 1.75 bits per heavy atom. The molecule has 1 saturated heterocycles. The van der Waals surface area contributed by atoms with Crippen molar-refractivity contribution in [3.63, 3.8) is 0 Å². The molecule has 1 N–H and O–H groups in total. The number of alkyl halides is 1. The van der Waals surface area contributed by atoms with Gasteiger partial charge < -0.3 is 10.1 Å². The van der Waals surface area contributed by atoms with Crippen LogP contribution in [0.4, 0.5) is 0 Å². The minimum Gasteiger partial charge on any atom is -0.380 e. The van der Waals surface area contributed by atoms with Crippen LogP contribution < -0.4 is 5.32 Å². The number of ether oxygens (including phenoxy) is 1. The fourth-order valence-electron chi connectivity index (χ4n) is 1.60. The first-order chi connectivity index (χ1) is 9.52. The Morgan fingerprint density at radius 2 is 2.40 bits per heavy atom. The second kappa shape index (κ2) is 11.7. The van der Waals surface area contributed by atoms with Gasteiger partial charge in [-0.2, -0.15) is 5.10 Å². The highest BCUT2D eigenvalue weighted by Gasteiger charge is 2.14. The number of nitrogens with one attached hydrogen (secondary N) is 1. The molecule has 0 aliphatic carbocycles. The van der Waals surface area contributed by atoms with E-state index < -0.39 is 5.38 Å². The Labute approximate surface area is 126 Å². The molecule has 2 atom stereocenters. The van der Waals surface area contributed by atoms with Crippen molar-refractivity contribution in [3.05, 3.63) is 0 Å². The number of amides is 1. The maximum atomic E-state index is 11.4. The molecule has 114 valence electrons. The summed E-state index contributed by atoms with van der Waals surface area (Å²) in [5, 5.41) is 8.02. The van der Waals surface area contributed by atoms with Crippen LogP contribution in [0.1, 0.15) is 26.7 Å². The third-order valence-electron chi connectivity index (χ3n) is 2.57. The number of rotatable bonds is 5. The highest BCUT2D eigenvalue weighted by Crippen LogP contribution is 2.04. The van der Waals surface area contributed by atoms with Gasteiger partial charge in [-0.3, -0.25) is 4.79 Å². The predicted molar refractivity (Wildman–Crippen MR) is 82.9 cm³/mol. The van der Waals surface area contributed by atoms with E-state index in [9.17, 15) is 4.79 Å². The lowest BCUT2D eigenvalue weighted by molar-refractivity contribution is -0.129. The van der Waals surface area contributed by atoms with E-state index in [0.717, 1.165) is 26.1 Å². The van der Waals surface area contributed by atoms with Gasteiger partial charge in [0.25, 0.3) is 5.91 Å². The average molecular weight is 302 g/mol. The summed E-state index contributed by atoms with van der Waals surface area (Å²) in [6.45, 7) is 5.52. The number of halogens is 1. The fraction of sp³-hybridized carbons (Fsp3) is 0.714. The van der Waals surface area contributed by atoms with Gasteiger partial charge in [0.1, 0.15) is 5.38 Å². The van der Waals surface area contributed by atoms with Crippen LogP contribution in [0.15, 0.2) is 5.10 Å². The zero-order valence-corrected chi connectivity index (χ0v) is 13.2. The summed E-state index contributed by atoms with van der Waals surface area (Å²) in [5.74, 6) is 2.05. The van der Waals surface area contributed by atoms with Crippen molar-refractivity contribution in [2.45, 2.75) is 38.1 Å². The van der Waals surface area contributed by atoms with Gasteiger partial charge in [0, 0.05) is 32.5 Å². The summed E-state index contributed by atoms with van der Waals surface area (Å²) in [4.78, 5) is 11.4. The standard InChI is InChI=1S/C11H20ClN3O2.C3H4/c1-9(12)11(16)15(2)14-6-5-13-10-4-3-7-17-8-10;1-3-2/h6,9-10,13H,3-5,7-8H2,1-2H3;1H,2H3/b14-6-;. The number of terminal acetylenes is 1. The maximum absolute atomic E-state index is 11.4. The maximum Gasteiger partial charge on any atom is 0.260 e. The molecule has 0 bridgehead atoms. The molecular formula is C14H24ClN3O2. The van der Waals surface area contributed by atoms with Gasteiger partial charge in [0.05, 0.1) is 6.61 Å². The first-order valence-corrected chi connectivity index (χ1v) is 7.09. The molecule has 0 aromatic carbocycles. The lowest BCUT2D eigenvalue weighted by Gasteiger charge is -2.22. The number of hydrogen-bond donors (Lipinski definition) is 1. The van der Waals surface area contributed by atoms with E-state index in [1.165, 1.54) is 5.01 Å². The average Bonchev–Trinajstić information content (AvgIpc) is 2.44. The minimum atomic E-state index is -0.545. The summed E-state index contributed by atoms with van der Waals surface area (Å²) >= 11 is 5.66. The predicted octanol–water partition coefficient (Wildman–Crippen LogP) is 1.47. The van der Waals surface area contributed by atoms with E-state index in [2.05, 4.69) is 22.8 Å². The molecule has 6 heteroatoms. The molecule has 1 fully saturated rings. The monoisotopic (exact) mass is 301 g/mol. The summed E-state index contributed by atoms with van der Waals surface area (Å²) < 4.78 is 5.34. The molecule has 0 spiro atoms. The van der Waals surface area contributed by atoms with Gasteiger partial charge in [-0.25, -0.2) is 5.01 Å². The summed E-state index contributed by atoms with van der Waals surface area (Å²) in [7, 11) is 1.60. The van der Waals surface area contributed by atoms with E-state index in [1.807, 2.05) is 0 Å². The number of hydrogen-bond acceptors (Lipinski definition) is 4. The second-order valence-electron chi connectivity index (χ2n) is 4.39. The largest absolute Gasteiger partial charge is 0.380 e. The molecule has 1 aliphatic heterocycles. The molecule has 1 heterocycles. The van der Waals surface area contributed by atoms with Gasteiger partial charge in [0.2, 0.25) is 0 Å². The van der Waals surface area contributed by atoms with Crippen molar-refractivity contribution >= 4 is 23.7 Å². The normalized spacial score (nSPS) is 19.6. The number of carbonyl (C=O) groups excluding carboxylic acids is 1. The molecule has 2 unspecified atom stereocenters. The molecule has 5 nitrogen and oxygen atoms in total. The highest BCUT2D eigenvalue weighted by atomic mass is 35.5. The quantitative estimate of drug-likeness (QED) is 0.362. The van der Waals surface area contributed by atoms with Crippen molar-refractivity contribution in [1.82, 2.24) is 10.3 Å². The van der Waals surface area contributed by atoms with Crippen molar-refractivity contribution in [1.29, 1.82) is 0 Å². The SMILES string of the molecule is C#CC.CC(Cl)C(=O)N(C)/N=C\CNC1CCCOC1. The molecule has 0 saturated carbocycles. The first-order valence-electron chi connectivity index (χ1n) is 6.65. The third-order valence-corrected chi connectivity index (χ3v) is 2.76. The van der Waals surface area contributed by atoms with E-state index in [1.54, 1.807) is 27.1 Å². The Balaban J connectivity index is 0.00000110. The van der Waals surface area contributed by atoms with Crippen LogP contribution >= 0.6 is 11.6 Å². The Morgan fingerprint density at radius 3 is 2.90 bits per heavy atom. The van der Waals surface area contributed by atoms with Crippen LogP contribution in [0.25, 0.3) is 0 Å². The molecule has 1 amide bonds. The number of nitrogens with zero attached hydrogens (tertiary/aromatic N) is 2. The van der Waals surface area contributed by atoms with E-state index in [-0.39, 0.29) is 5.91 Å². The van der Waals surface area contributed by atoms with E-state index in [4.69, 9.17) is 16.3 Å². The zero-order chi connectivity index (χ0) is 15.4. The third kappa shape index (κ3) is 8.92. The van der Waals surface area contributed by atoms with Crippen LogP contribution in [0.5, 0.6) is 0 Å². The fourth-order valence-corrected chi connectivity index (χ4v) is 1.74. The van der Waals surface area contributed by atoms with Crippen LogP contribution in [0, 0.1) is 12.3 Å². The van der Waals surface area contributed by atoms with Crippen LogP contribution in [-0.2, 0) is 9.53 Å². The van der Waals surface area contributed by atoms with Gasteiger partial charge in [-0.15, -0.1) is 23.9 Å². The van der Waals surface area contributed by atoms with Crippen molar-refractivity contribution in [2.24, 2.45) is 5.10 Å². The van der Waals surface area contributed by atoms with Crippen molar-refractivity contribution < 1.29 is 9.53 Å². The van der Waals surface area contributed by atoms with Crippen molar-refractivity contribution in [2.75, 3.05) is 26.8 Å². The molecule has 0 aromatic rings. The van der Waals surface area contributed by atoms with Gasteiger partial charge >= 0.3 is 0 Å². The molecular weight excluding hydrogens is 278 g/mol. The molecule has 0 radical (unpaired) electrons. The van der Waals surface area contributed by atoms with Crippen LogP contribution in [-0.4, -0.2) is 55.4 Å². The number of hydrazone groups is 1. The molecule has 0 aromatic heterocycles. The van der Waals surface area contributed by atoms with Gasteiger partial charge in [0.15, 0.2) is 0 Å². The van der Waals surface area contributed by atoms with E-state index >= 15 is 0 Å². The smallest absolute Gasteiger partial charge is 0.260 e. The first kappa shape index (κ1) is 18.9. The Bertz CT molecular complexity index is 334. The molecule has 20 heavy (non-hydrogen) atoms. The lowest BCUT2D eigenvalue weighted by atomic mass is 10.1. The summed E-state index contributed by atoms with van der Waals surface area (Å²) in [6, 6.07) is 0.392. The lowest BCUT2D eigenvalue weighted by Crippen LogP contribution is -2.38. The minimum absolute atomic E-state index is 0.205. The molecule has 1 aliphatic rings. The number of carbonyl (C=O) groups is 1. The second-order valence-corrected chi connectivity index (χ2v) is 5.04.